The van der Waals surface area contributed by atoms with Gasteiger partial charge in [-0.1, -0.05) is 0 Å². The molecule has 0 spiro atoms. The largest absolute Gasteiger partial charge is 0.392 e. The monoisotopic (exact) mass is 266 g/mol. The van der Waals surface area contributed by atoms with Crippen LogP contribution in [-0.2, 0) is 4.79 Å². The number of aliphatic hydroxyl groups excluding tert-OH is 1. The maximum atomic E-state index is 12.9. The number of anilines is 1. The van der Waals surface area contributed by atoms with Gasteiger partial charge in [0.25, 0.3) is 0 Å². The van der Waals surface area contributed by atoms with Gasteiger partial charge in [-0.15, -0.1) is 0 Å². The van der Waals surface area contributed by atoms with Crippen LogP contribution in [0.2, 0.25) is 0 Å². The molecule has 1 N–H and O–H groups in total. The normalized spacial score (nSPS) is 19.6. The molecule has 0 unspecified atom stereocenters. The van der Waals surface area contributed by atoms with Crippen molar-refractivity contribution in [1.82, 2.24) is 4.90 Å². The van der Waals surface area contributed by atoms with Gasteiger partial charge in [0.1, 0.15) is 5.82 Å². The fraction of sp³-hybridized carbons (Fsp3) is 0.500. The van der Waals surface area contributed by atoms with E-state index < -0.39 is 0 Å². The van der Waals surface area contributed by atoms with Crippen LogP contribution in [-0.4, -0.2) is 48.2 Å². The zero-order chi connectivity index (χ0) is 13.8. The smallest absolute Gasteiger partial charge is 0.241 e. The van der Waals surface area contributed by atoms with E-state index >= 15 is 0 Å². The second-order valence-corrected chi connectivity index (χ2v) is 4.79. The molecular formula is C14H19FN2O2. The van der Waals surface area contributed by atoms with Crippen molar-refractivity contribution in [3.05, 3.63) is 30.1 Å². The maximum absolute atomic E-state index is 12.9. The summed E-state index contributed by atoms with van der Waals surface area (Å²) in [7, 11) is 0. The van der Waals surface area contributed by atoms with Gasteiger partial charge < -0.3 is 10.0 Å². The standard InChI is InChI=1S/C14H19FN2O2/c1-2-17(12-5-3-11(15)4-6-12)14(19)10-16-8-7-13(18)9-16/h3-6,13,18H,2,7-10H2,1H3/t13-/m0/s1. The number of likely N-dealkylation sites (tertiary alicyclic amines) is 1. The van der Waals surface area contributed by atoms with Gasteiger partial charge in [-0.05, 0) is 37.6 Å². The number of likely N-dealkylation sites (N-methyl/N-ethyl adjacent to an activating group) is 1. The number of β-amino-alcohol motifs (C(OH)–C–C–N with tert-alkyl or cyclic N) is 1. The van der Waals surface area contributed by atoms with Gasteiger partial charge in [0, 0.05) is 25.3 Å². The van der Waals surface area contributed by atoms with Crippen molar-refractivity contribution in [3.63, 3.8) is 0 Å². The van der Waals surface area contributed by atoms with Gasteiger partial charge >= 0.3 is 0 Å². The highest BCUT2D eigenvalue weighted by Gasteiger charge is 2.24. The molecule has 1 fully saturated rings. The van der Waals surface area contributed by atoms with Gasteiger partial charge in [-0.25, -0.2) is 4.39 Å². The molecule has 1 atom stereocenters. The number of benzene rings is 1. The number of carbonyl (C=O) groups excluding carboxylic acids is 1. The summed E-state index contributed by atoms with van der Waals surface area (Å²) < 4.78 is 12.9. The Hall–Kier alpha value is -1.46. The third-order valence-corrected chi connectivity index (χ3v) is 3.36. The number of rotatable bonds is 4. The molecule has 1 heterocycles. The summed E-state index contributed by atoms with van der Waals surface area (Å²) >= 11 is 0. The highest BCUT2D eigenvalue weighted by atomic mass is 19.1. The molecule has 1 saturated heterocycles. The van der Waals surface area contributed by atoms with E-state index in [1.54, 1.807) is 17.0 Å². The van der Waals surface area contributed by atoms with E-state index in [4.69, 9.17) is 0 Å². The summed E-state index contributed by atoms with van der Waals surface area (Å²) in [5.41, 5.74) is 0.702. The molecule has 1 amide bonds. The number of halogens is 1. The maximum Gasteiger partial charge on any atom is 0.241 e. The molecule has 19 heavy (non-hydrogen) atoms. The van der Waals surface area contributed by atoms with Crippen molar-refractivity contribution in [2.45, 2.75) is 19.4 Å². The SMILES string of the molecule is CCN(C(=O)CN1CC[C@H](O)C1)c1ccc(F)cc1. The molecule has 0 aromatic heterocycles. The molecule has 0 saturated carbocycles. The molecule has 0 radical (unpaired) electrons. The van der Waals surface area contributed by atoms with Crippen molar-refractivity contribution >= 4 is 11.6 Å². The van der Waals surface area contributed by atoms with Crippen LogP contribution in [0.3, 0.4) is 0 Å². The lowest BCUT2D eigenvalue weighted by Gasteiger charge is -2.24. The molecule has 104 valence electrons. The molecule has 1 aliphatic rings. The number of hydrogen-bond acceptors (Lipinski definition) is 3. The zero-order valence-corrected chi connectivity index (χ0v) is 11.1. The molecule has 2 rings (SSSR count). The Labute approximate surface area is 112 Å². The van der Waals surface area contributed by atoms with Crippen molar-refractivity contribution in [2.75, 3.05) is 31.1 Å². The average Bonchev–Trinajstić information content (AvgIpc) is 2.78. The average molecular weight is 266 g/mol. The molecule has 1 aromatic rings. The van der Waals surface area contributed by atoms with Crippen LogP contribution in [0.25, 0.3) is 0 Å². The Morgan fingerprint density at radius 2 is 2.16 bits per heavy atom. The van der Waals surface area contributed by atoms with E-state index in [-0.39, 0.29) is 17.8 Å². The van der Waals surface area contributed by atoms with E-state index in [0.717, 1.165) is 13.0 Å². The Balaban J connectivity index is 2.00. The third kappa shape index (κ3) is 3.52. The number of nitrogens with zero attached hydrogens (tertiary/aromatic N) is 2. The molecular weight excluding hydrogens is 247 g/mol. The third-order valence-electron chi connectivity index (χ3n) is 3.36. The molecule has 4 nitrogen and oxygen atoms in total. The zero-order valence-electron chi connectivity index (χ0n) is 11.1. The summed E-state index contributed by atoms with van der Waals surface area (Å²) in [6.07, 6.45) is 0.393. The highest BCUT2D eigenvalue weighted by Crippen LogP contribution is 2.16. The summed E-state index contributed by atoms with van der Waals surface area (Å²) in [4.78, 5) is 15.8. The minimum Gasteiger partial charge on any atom is -0.392 e. The summed E-state index contributed by atoms with van der Waals surface area (Å²) in [6, 6.07) is 5.92. The Kier molecular flexibility index (Phi) is 4.50. The molecule has 0 aliphatic carbocycles. The lowest BCUT2D eigenvalue weighted by Crippen LogP contribution is -2.39. The van der Waals surface area contributed by atoms with Crippen LogP contribution in [0.4, 0.5) is 10.1 Å². The van der Waals surface area contributed by atoms with Gasteiger partial charge in [-0.3, -0.25) is 9.69 Å². The van der Waals surface area contributed by atoms with E-state index in [2.05, 4.69) is 0 Å². The fourth-order valence-corrected chi connectivity index (χ4v) is 2.36. The van der Waals surface area contributed by atoms with E-state index in [9.17, 15) is 14.3 Å². The van der Waals surface area contributed by atoms with Crippen LogP contribution in [0.5, 0.6) is 0 Å². The Bertz CT molecular complexity index is 436. The Morgan fingerprint density at radius 3 is 2.68 bits per heavy atom. The second-order valence-electron chi connectivity index (χ2n) is 4.79. The van der Waals surface area contributed by atoms with E-state index in [0.29, 0.717) is 25.3 Å². The first-order valence-corrected chi connectivity index (χ1v) is 6.56. The predicted octanol–water partition coefficient (Wildman–Crippen LogP) is 1.25. The van der Waals surface area contributed by atoms with Crippen molar-refractivity contribution in [1.29, 1.82) is 0 Å². The van der Waals surface area contributed by atoms with Crippen LogP contribution < -0.4 is 4.90 Å². The molecule has 1 aliphatic heterocycles. The predicted molar refractivity (Wildman–Crippen MR) is 71.5 cm³/mol. The van der Waals surface area contributed by atoms with Crippen LogP contribution >= 0.6 is 0 Å². The number of hydrogen-bond donors (Lipinski definition) is 1. The van der Waals surface area contributed by atoms with Crippen LogP contribution in [0.1, 0.15) is 13.3 Å². The van der Waals surface area contributed by atoms with Crippen molar-refractivity contribution in [2.24, 2.45) is 0 Å². The first-order valence-electron chi connectivity index (χ1n) is 6.56. The van der Waals surface area contributed by atoms with Crippen LogP contribution in [0, 0.1) is 5.82 Å². The molecule has 0 bridgehead atoms. The topological polar surface area (TPSA) is 43.8 Å². The van der Waals surface area contributed by atoms with Gasteiger partial charge in [0.15, 0.2) is 0 Å². The second kappa shape index (κ2) is 6.12. The van der Waals surface area contributed by atoms with Gasteiger partial charge in [-0.2, -0.15) is 0 Å². The molecule has 1 aromatic carbocycles. The number of carbonyl (C=O) groups is 1. The summed E-state index contributed by atoms with van der Waals surface area (Å²) in [6.45, 7) is 4.02. The number of amides is 1. The fourth-order valence-electron chi connectivity index (χ4n) is 2.36. The van der Waals surface area contributed by atoms with Crippen molar-refractivity contribution < 1.29 is 14.3 Å². The Morgan fingerprint density at radius 1 is 1.47 bits per heavy atom. The van der Waals surface area contributed by atoms with E-state index in [1.807, 2.05) is 11.8 Å². The minimum atomic E-state index is -0.325. The highest BCUT2D eigenvalue weighted by molar-refractivity contribution is 5.94. The quantitative estimate of drug-likeness (QED) is 0.892. The first kappa shape index (κ1) is 14.0. The van der Waals surface area contributed by atoms with Gasteiger partial charge in [0.2, 0.25) is 5.91 Å². The minimum absolute atomic E-state index is 0.0248. The number of aliphatic hydroxyl groups is 1. The van der Waals surface area contributed by atoms with Gasteiger partial charge in [0.05, 0.1) is 12.6 Å². The van der Waals surface area contributed by atoms with Crippen LogP contribution in [0.15, 0.2) is 24.3 Å². The summed E-state index contributed by atoms with van der Waals surface area (Å²) in [5.74, 6) is -0.335. The lowest BCUT2D eigenvalue weighted by atomic mass is 10.2. The lowest BCUT2D eigenvalue weighted by molar-refractivity contribution is -0.119. The first-order chi connectivity index (χ1) is 9.10. The van der Waals surface area contributed by atoms with Crippen molar-refractivity contribution in [3.8, 4) is 0 Å². The van der Waals surface area contributed by atoms with E-state index in [1.165, 1.54) is 12.1 Å². The molecule has 5 heteroatoms. The summed E-state index contributed by atoms with van der Waals surface area (Å²) in [5, 5.41) is 9.45.